The molecule has 5 nitrogen and oxygen atoms in total. The van der Waals surface area contributed by atoms with Crippen molar-refractivity contribution in [3.63, 3.8) is 0 Å². The van der Waals surface area contributed by atoms with Gasteiger partial charge in [-0.05, 0) is 18.2 Å². The van der Waals surface area contributed by atoms with E-state index in [-0.39, 0.29) is 19.2 Å². The third kappa shape index (κ3) is 2.30. The van der Waals surface area contributed by atoms with E-state index in [2.05, 4.69) is 4.98 Å². The topological polar surface area (TPSA) is 66.6 Å². The van der Waals surface area contributed by atoms with Gasteiger partial charge in [0.2, 0.25) is 12.7 Å². The highest BCUT2D eigenvalue weighted by molar-refractivity contribution is 5.48. The van der Waals surface area contributed by atoms with Crippen molar-refractivity contribution in [3.8, 4) is 23.1 Å². The zero-order valence-electron chi connectivity index (χ0n) is 9.93. The number of nitrogens with zero attached hydrogens (tertiary/aromatic N) is 1. The summed E-state index contributed by atoms with van der Waals surface area (Å²) in [6, 6.07) is 6.45. The Morgan fingerprint density at radius 2 is 2.11 bits per heavy atom. The Bertz CT molecular complexity index is 619. The molecule has 0 radical (unpaired) electrons. The van der Waals surface area contributed by atoms with E-state index in [0.29, 0.717) is 22.8 Å². The van der Waals surface area contributed by atoms with Crippen LogP contribution in [0, 0.1) is 5.82 Å². The van der Waals surface area contributed by atoms with E-state index >= 15 is 0 Å². The molecular weight excluding hydrogens is 251 g/mol. The van der Waals surface area contributed by atoms with Crippen LogP contribution in [0.1, 0.15) is 5.56 Å². The molecule has 2 N–H and O–H groups in total. The van der Waals surface area contributed by atoms with Crippen molar-refractivity contribution < 1.29 is 18.6 Å². The number of nitrogens with two attached hydrogens (primary N) is 1. The minimum atomic E-state index is -0.446. The number of rotatable bonds is 3. The first-order chi connectivity index (χ1) is 9.26. The van der Waals surface area contributed by atoms with Crippen molar-refractivity contribution in [1.29, 1.82) is 0 Å². The van der Waals surface area contributed by atoms with Gasteiger partial charge in [0, 0.05) is 18.2 Å². The van der Waals surface area contributed by atoms with Gasteiger partial charge in [0.05, 0.1) is 6.20 Å². The van der Waals surface area contributed by atoms with Crippen LogP contribution in [0.2, 0.25) is 0 Å². The van der Waals surface area contributed by atoms with Crippen LogP contribution in [0.25, 0.3) is 0 Å². The molecule has 2 heterocycles. The van der Waals surface area contributed by atoms with E-state index < -0.39 is 5.82 Å². The van der Waals surface area contributed by atoms with E-state index in [1.165, 1.54) is 6.07 Å². The summed E-state index contributed by atoms with van der Waals surface area (Å²) in [5, 5.41) is 0. The van der Waals surface area contributed by atoms with Gasteiger partial charge >= 0.3 is 0 Å². The van der Waals surface area contributed by atoms with E-state index in [1.54, 1.807) is 18.2 Å². The van der Waals surface area contributed by atoms with Crippen molar-refractivity contribution in [1.82, 2.24) is 4.98 Å². The maximum Gasteiger partial charge on any atom is 0.231 e. The largest absolute Gasteiger partial charge is 0.454 e. The van der Waals surface area contributed by atoms with Gasteiger partial charge < -0.3 is 19.9 Å². The second-order valence-corrected chi connectivity index (χ2v) is 3.94. The summed E-state index contributed by atoms with van der Waals surface area (Å²) >= 11 is 0. The molecule has 6 heteroatoms. The lowest BCUT2D eigenvalue weighted by atomic mass is 10.2. The number of fused-ring (bicyclic) bond motifs is 1. The van der Waals surface area contributed by atoms with Crippen LogP contribution in [0.4, 0.5) is 4.39 Å². The molecule has 1 aromatic heterocycles. The standard InChI is InChI=1S/C13H11FN2O3/c14-9-3-8(5-15)13(16-6-9)19-10-1-2-11-12(4-10)18-7-17-11/h1-4,6H,5,7,15H2. The molecule has 2 aromatic rings. The first kappa shape index (κ1) is 11.7. The Balaban J connectivity index is 1.89. The molecule has 0 fully saturated rings. The van der Waals surface area contributed by atoms with Gasteiger partial charge in [-0.3, -0.25) is 0 Å². The van der Waals surface area contributed by atoms with Crippen molar-refractivity contribution in [2.45, 2.75) is 6.54 Å². The molecule has 0 amide bonds. The molecule has 3 rings (SSSR count). The van der Waals surface area contributed by atoms with E-state index in [0.717, 1.165) is 6.20 Å². The molecule has 1 aromatic carbocycles. The van der Waals surface area contributed by atoms with Crippen LogP contribution >= 0.6 is 0 Å². The highest BCUT2D eigenvalue weighted by atomic mass is 19.1. The monoisotopic (exact) mass is 262 g/mol. The van der Waals surface area contributed by atoms with Gasteiger partial charge in [-0.1, -0.05) is 0 Å². The summed E-state index contributed by atoms with van der Waals surface area (Å²) in [6.45, 7) is 0.340. The number of pyridine rings is 1. The Labute approximate surface area is 108 Å². The fraction of sp³-hybridized carbons (Fsp3) is 0.154. The van der Waals surface area contributed by atoms with Crippen molar-refractivity contribution in [2.24, 2.45) is 5.73 Å². The molecule has 0 unspecified atom stereocenters. The van der Waals surface area contributed by atoms with Crippen LogP contribution in [0.3, 0.4) is 0 Å². The predicted molar refractivity (Wildman–Crippen MR) is 64.7 cm³/mol. The first-order valence-electron chi connectivity index (χ1n) is 5.68. The Hall–Kier alpha value is -2.34. The Kier molecular flexibility index (Phi) is 2.92. The number of hydrogen-bond acceptors (Lipinski definition) is 5. The number of aromatic nitrogens is 1. The Morgan fingerprint density at radius 1 is 1.26 bits per heavy atom. The third-order valence-corrected chi connectivity index (χ3v) is 2.67. The number of halogens is 1. The third-order valence-electron chi connectivity index (χ3n) is 2.67. The fourth-order valence-electron chi connectivity index (χ4n) is 1.76. The van der Waals surface area contributed by atoms with E-state index in [9.17, 15) is 4.39 Å². The first-order valence-corrected chi connectivity index (χ1v) is 5.68. The zero-order chi connectivity index (χ0) is 13.2. The van der Waals surface area contributed by atoms with Crippen LogP contribution in [-0.4, -0.2) is 11.8 Å². The lowest BCUT2D eigenvalue weighted by molar-refractivity contribution is 0.174. The smallest absolute Gasteiger partial charge is 0.231 e. The van der Waals surface area contributed by atoms with Gasteiger partial charge in [-0.15, -0.1) is 0 Å². The Morgan fingerprint density at radius 3 is 2.95 bits per heavy atom. The van der Waals surface area contributed by atoms with Crippen LogP contribution < -0.4 is 19.9 Å². The van der Waals surface area contributed by atoms with Crippen LogP contribution in [-0.2, 0) is 6.54 Å². The van der Waals surface area contributed by atoms with Crippen molar-refractivity contribution in [2.75, 3.05) is 6.79 Å². The average Bonchev–Trinajstić information content (AvgIpc) is 2.88. The summed E-state index contributed by atoms with van der Waals surface area (Å²) in [6.07, 6.45) is 1.08. The highest BCUT2D eigenvalue weighted by Gasteiger charge is 2.15. The highest BCUT2D eigenvalue weighted by Crippen LogP contribution is 2.36. The maximum absolute atomic E-state index is 13.0. The summed E-state index contributed by atoms with van der Waals surface area (Å²) in [7, 11) is 0. The van der Waals surface area contributed by atoms with Crippen molar-refractivity contribution >= 4 is 0 Å². The fourth-order valence-corrected chi connectivity index (χ4v) is 1.76. The predicted octanol–water partition coefficient (Wildman–Crippen LogP) is 2.20. The van der Waals surface area contributed by atoms with Crippen molar-refractivity contribution in [3.05, 3.63) is 41.8 Å². The lowest BCUT2D eigenvalue weighted by Crippen LogP contribution is -2.02. The summed E-state index contributed by atoms with van der Waals surface area (Å²) in [4.78, 5) is 3.89. The van der Waals surface area contributed by atoms with Gasteiger partial charge in [0.1, 0.15) is 11.6 Å². The average molecular weight is 262 g/mol. The minimum Gasteiger partial charge on any atom is -0.454 e. The summed E-state index contributed by atoms with van der Waals surface area (Å²) in [5.74, 6) is 1.63. The van der Waals surface area contributed by atoms with Crippen LogP contribution in [0.5, 0.6) is 23.1 Å². The van der Waals surface area contributed by atoms with Gasteiger partial charge in [0.25, 0.3) is 0 Å². The molecule has 98 valence electrons. The SMILES string of the molecule is NCc1cc(F)cnc1Oc1ccc2c(c1)OCO2. The summed E-state index contributed by atoms with van der Waals surface area (Å²) in [5.41, 5.74) is 6.03. The molecule has 0 saturated heterocycles. The molecule has 0 spiro atoms. The normalized spacial score (nSPS) is 12.5. The molecule has 0 saturated carbocycles. The summed E-state index contributed by atoms with van der Waals surface area (Å²) < 4.78 is 29.1. The van der Waals surface area contributed by atoms with Gasteiger partial charge in [-0.2, -0.15) is 0 Å². The molecule has 0 bridgehead atoms. The number of hydrogen-bond donors (Lipinski definition) is 1. The molecular formula is C13H11FN2O3. The maximum atomic E-state index is 13.0. The van der Waals surface area contributed by atoms with Gasteiger partial charge in [0.15, 0.2) is 11.5 Å². The second kappa shape index (κ2) is 4.74. The van der Waals surface area contributed by atoms with Crippen LogP contribution in [0.15, 0.2) is 30.5 Å². The molecule has 0 aliphatic carbocycles. The molecule has 1 aliphatic heterocycles. The molecule has 19 heavy (non-hydrogen) atoms. The molecule has 0 atom stereocenters. The van der Waals surface area contributed by atoms with E-state index in [1.807, 2.05) is 0 Å². The number of ether oxygens (including phenoxy) is 3. The lowest BCUT2D eigenvalue weighted by Gasteiger charge is -2.09. The van der Waals surface area contributed by atoms with E-state index in [4.69, 9.17) is 19.9 Å². The van der Waals surface area contributed by atoms with Gasteiger partial charge in [-0.25, -0.2) is 9.37 Å². The zero-order valence-corrected chi connectivity index (χ0v) is 9.93. The number of benzene rings is 1. The second-order valence-electron chi connectivity index (χ2n) is 3.94. The molecule has 1 aliphatic rings. The quantitative estimate of drug-likeness (QED) is 0.918. The minimum absolute atomic E-state index is 0.143.